The summed E-state index contributed by atoms with van der Waals surface area (Å²) in [6.07, 6.45) is 0. The van der Waals surface area contributed by atoms with Gasteiger partial charge in [0.05, 0.1) is 26.3 Å². The van der Waals surface area contributed by atoms with Gasteiger partial charge < -0.3 is 24.3 Å². The van der Waals surface area contributed by atoms with Gasteiger partial charge in [0, 0.05) is 12.1 Å². The van der Waals surface area contributed by atoms with Crippen molar-refractivity contribution in [3.63, 3.8) is 0 Å². The van der Waals surface area contributed by atoms with Crippen LogP contribution < -0.4 is 24.3 Å². The zero-order valence-electron chi connectivity index (χ0n) is 20.7. The zero-order valence-corrected chi connectivity index (χ0v) is 20.7. The van der Waals surface area contributed by atoms with E-state index in [0.717, 1.165) is 0 Å². The lowest BCUT2D eigenvalue weighted by atomic mass is 10.0. The van der Waals surface area contributed by atoms with Gasteiger partial charge in [-0.15, -0.1) is 15.3 Å². The third-order valence-corrected chi connectivity index (χ3v) is 5.48. The molecule has 0 atom stereocenters. The Kier molecular flexibility index (Phi) is 7.84. The van der Waals surface area contributed by atoms with Crippen molar-refractivity contribution >= 4 is 11.6 Å². The molecule has 2 aromatic heterocycles. The third kappa shape index (κ3) is 5.83. The minimum atomic E-state index is -0.234. The van der Waals surface area contributed by atoms with Crippen LogP contribution >= 0.6 is 0 Å². The lowest BCUT2D eigenvalue weighted by Crippen LogP contribution is -2.32. The minimum absolute atomic E-state index is 0.0704. The van der Waals surface area contributed by atoms with Crippen molar-refractivity contribution in [2.75, 3.05) is 34.0 Å². The molecule has 0 aliphatic rings. The highest BCUT2D eigenvalue weighted by atomic mass is 16.5. The first-order valence-electron chi connectivity index (χ1n) is 11.6. The summed E-state index contributed by atoms with van der Waals surface area (Å²) in [5.41, 5.74) is 2.49. The maximum Gasteiger partial charge on any atom is 0.258 e. The summed E-state index contributed by atoms with van der Waals surface area (Å²) in [7, 11) is 3.16. The molecule has 0 saturated heterocycles. The summed E-state index contributed by atoms with van der Waals surface area (Å²) in [5.74, 6) is 2.98. The fraction of sp³-hybridized carbons (Fsp3) is 0.308. The second-order valence-corrected chi connectivity index (χ2v) is 8.24. The van der Waals surface area contributed by atoms with E-state index in [1.165, 1.54) is 5.56 Å². The summed E-state index contributed by atoms with van der Waals surface area (Å²) in [6, 6.07) is 16.6. The number of hydrogen-bond donors (Lipinski definition) is 1. The Morgan fingerprint density at radius 2 is 1.72 bits per heavy atom. The van der Waals surface area contributed by atoms with Crippen LogP contribution in [-0.4, -0.2) is 59.7 Å². The second-order valence-electron chi connectivity index (χ2n) is 8.24. The number of hydrogen-bond acceptors (Lipinski definition) is 8. The summed E-state index contributed by atoms with van der Waals surface area (Å²) < 4.78 is 23.6. The average molecular weight is 492 g/mol. The molecular formula is C26H29N5O5. The van der Waals surface area contributed by atoms with Crippen molar-refractivity contribution in [2.24, 2.45) is 0 Å². The molecule has 36 heavy (non-hydrogen) atoms. The van der Waals surface area contributed by atoms with Crippen LogP contribution in [-0.2, 0) is 4.79 Å². The van der Waals surface area contributed by atoms with E-state index >= 15 is 0 Å². The van der Waals surface area contributed by atoms with Gasteiger partial charge in [-0.2, -0.15) is 4.52 Å². The normalized spacial score (nSPS) is 10.9. The molecular weight excluding hydrogens is 462 g/mol. The van der Waals surface area contributed by atoms with Crippen LogP contribution in [0.1, 0.15) is 25.3 Å². The van der Waals surface area contributed by atoms with Gasteiger partial charge in [0.15, 0.2) is 18.1 Å². The van der Waals surface area contributed by atoms with Crippen LogP contribution in [0.25, 0.3) is 17.0 Å². The number of rotatable bonds is 11. The van der Waals surface area contributed by atoms with Gasteiger partial charge in [-0.25, -0.2) is 0 Å². The minimum Gasteiger partial charge on any atom is -0.497 e. The van der Waals surface area contributed by atoms with E-state index in [9.17, 15) is 4.79 Å². The van der Waals surface area contributed by atoms with Gasteiger partial charge in [0.25, 0.3) is 5.91 Å². The van der Waals surface area contributed by atoms with E-state index in [0.29, 0.717) is 52.6 Å². The third-order valence-electron chi connectivity index (χ3n) is 5.48. The number of fused-ring (bicyclic) bond motifs is 1. The molecule has 1 amide bonds. The van der Waals surface area contributed by atoms with Crippen LogP contribution in [0.4, 0.5) is 0 Å². The zero-order chi connectivity index (χ0) is 25.5. The average Bonchev–Trinajstić information content (AvgIpc) is 3.32. The predicted molar refractivity (Wildman–Crippen MR) is 134 cm³/mol. The van der Waals surface area contributed by atoms with E-state index < -0.39 is 0 Å². The first kappa shape index (κ1) is 24.8. The van der Waals surface area contributed by atoms with Crippen LogP contribution in [0.2, 0.25) is 0 Å². The topological polar surface area (TPSA) is 109 Å². The number of methoxy groups -OCH3 is 2. The molecule has 2 aromatic carbocycles. The SMILES string of the molecule is COc1ccc(-c2nnc3ccc(OCCNC(=O)COc4ccc(C(C)C)cc4)nn23)c(OC)c1. The molecule has 0 spiro atoms. The van der Waals surface area contributed by atoms with Crippen LogP contribution in [0.5, 0.6) is 23.1 Å². The van der Waals surface area contributed by atoms with Gasteiger partial charge >= 0.3 is 0 Å². The fourth-order valence-electron chi connectivity index (χ4n) is 3.50. The van der Waals surface area contributed by atoms with Crippen molar-refractivity contribution in [2.45, 2.75) is 19.8 Å². The Balaban J connectivity index is 1.31. The Morgan fingerprint density at radius 1 is 0.944 bits per heavy atom. The van der Waals surface area contributed by atoms with Crippen LogP contribution in [0.3, 0.4) is 0 Å². The first-order chi connectivity index (χ1) is 17.5. The van der Waals surface area contributed by atoms with Crippen molar-refractivity contribution in [1.29, 1.82) is 0 Å². The molecule has 188 valence electrons. The Bertz CT molecular complexity index is 1320. The number of aromatic nitrogens is 4. The Labute approximate surface area is 209 Å². The highest BCUT2D eigenvalue weighted by Crippen LogP contribution is 2.32. The lowest BCUT2D eigenvalue weighted by molar-refractivity contribution is -0.123. The van der Waals surface area contributed by atoms with Gasteiger partial charge in [-0.3, -0.25) is 4.79 Å². The lowest BCUT2D eigenvalue weighted by Gasteiger charge is -2.10. The van der Waals surface area contributed by atoms with Gasteiger partial charge in [0.1, 0.15) is 23.9 Å². The molecule has 2 heterocycles. The fourth-order valence-corrected chi connectivity index (χ4v) is 3.50. The van der Waals surface area contributed by atoms with Crippen LogP contribution in [0.15, 0.2) is 54.6 Å². The molecule has 0 aliphatic carbocycles. The number of ether oxygens (including phenoxy) is 4. The quantitative estimate of drug-likeness (QED) is 0.318. The summed E-state index contributed by atoms with van der Waals surface area (Å²) in [6.45, 7) is 4.72. The van der Waals surface area contributed by atoms with Crippen molar-refractivity contribution in [3.8, 4) is 34.5 Å². The van der Waals surface area contributed by atoms with E-state index in [1.807, 2.05) is 36.4 Å². The second kappa shape index (κ2) is 11.4. The number of carbonyl (C=O) groups excluding carboxylic acids is 1. The molecule has 10 heteroatoms. The molecule has 0 fully saturated rings. The van der Waals surface area contributed by atoms with Gasteiger partial charge in [0.2, 0.25) is 5.88 Å². The highest BCUT2D eigenvalue weighted by molar-refractivity contribution is 5.77. The summed E-state index contributed by atoms with van der Waals surface area (Å²) in [4.78, 5) is 12.1. The predicted octanol–water partition coefficient (Wildman–Crippen LogP) is 3.51. The summed E-state index contributed by atoms with van der Waals surface area (Å²) >= 11 is 0. The number of carbonyl (C=O) groups is 1. The number of amides is 1. The monoisotopic (exact) mass is 491 g/mol. The maximum absolute atomic E-state index is 12.1. The molecule has 0 saturated carbocycles. The number of benzene rings is 2. The molecule has 10 nitrogen and oxygen atoms in total. The highest BCUT2D eigenvalue weighted by Gasteiger charge is 2.16. The number of nitrogens with one attached hydrogen (secondary N) is 1. The van der Waals surface area contributed by atoms with Crippen molar-refractivity contribution in [3.05, 3.63) is 60.2 Å². The van der Waals surface area contributed by atoms with Crippen LogP contribution in [0, 0.1) is 0 Å². The van der Waals surface area contributed by atoms with Gasteiger partial charge in [-0.05, 0) is 41.8 Å². The Hall–Kier alpha value is -4.34. The molecule has 0 bridgehead atoms. The molecule has 4 rings (SSSR count). The number of nitrogens with zero attached hydrogens (tertiary/aromatic N) is 4. The molecule has 0 aliphatic heterocycles. The van der Waals surface area contributed by atoms with E-state index in [1.54, 1.807) is 36.9 Å². The van der Waals surface area contributed by atoms with E-state index in [2.05, 4.69) is 34.5 Å². The molecule has 0 unspecified atom stereocenters. The summed E-state index contributed by atoms with van der Waals surface area (Å²) in [5, 5.41) is 15.7. The van der Waals surface area contributed by atoms with Crippen molar-refractivity contribution in [1.82, 2.24) is 25.1 Å². The standard InChI is InChI=1S/C26H29N5O5/c1-17(2)18-5-7-19(8-6-18)36-16-24(32)27-13-14-35-25-12-11-23-28-29-26(31(23)30-25)21-10-9-20(33-3)15-22(21)34-4/h5-12,15,17H,13-14,16H2,1-4H3,(H,27,32). The smallest absolute Gasteiger partial charge is 0.258 e. The maximum atomic E-state index is 12.1. The van der Waals surface area contributed by atoms with Crippen molar-refractivity contribution < 1.29 is 23.7 Å². The largest absolute Gasteiger partial charge is 0.497 e. The molecule has 4 aromatic rings. The Morgan fingerprint density at radius 3 is 2.44 bits per heavy atom. The van der Waals surface area contributed by atoms with Gasteiger partial charge in [-0.1, -0.05) is 26.0 Å². The van der Waals surface area contributed by atoms with E-state index in [4.69, 9.17) is 18.9 Å². The molecule has 1 N–H and O–H groups in total. The first-order valence-corrected chi connectivity index (χ1v) is 11.6. The van der Waals surface area contributed by atoms with E-state index in [-0.39, 0.29) is 19.1 Å². The molecule has 0 radical (unpaired) electrons.